The number of carbonyl (C=O) groups excluding carboxylic acids is 5. The molecule has 58 heavy (non-hydrogen) atoms. The first-order valence-electron chi connectivity index (χ1n) is 21.0. The fraction of sp³-hybridized carbons (Fsp3) is 0.750. The van der Waals surface area contributed by atoms with Crippen molar-refractivity contribution in [3.05, 3.63) is 35.6 Å². The molecule has 330 valence electrons. The van der Waals surface area contributed by atoms with E-state index < -0.39 is 65.6 Å². The van der Waals surface area contributed by atoms with E-state index in [1.54, 1.807) is 72.0 Å². The van der Waals surface area contributed by atoms with Crippen LogP contribution in [0.4, 0.5) is 4.39 Å². The van der Waals surface area contributed by atoms with Crippen molar-refractivity contribution in [2.75, 3.05) is 28.3 Å². The highest BCUT2D eigenvalue weighted by Gasteiger charge is 2.42. The summed E-state index contributed by atoms with van der Waals surface area (Å²) in [5.74, 6) is -2.80. The van der Waals surface area contributed by atoms with Gasteiger partial charge in [0.25, 0.3) is 0 Å². The highest BCUT2D eigenvalue weighted by Crippen LogP contribution is 2.36. The molecule has 0 aliphatic heterocycles. The zero-order valence-corrected chi connectivity index (χ0v) is 37.6. The number of ether oxygens (including phenoxy) is 3. The minimum Gasteiger partial charge on any atom is -0.458 e. The zero-order chi connectivity index (χ0) is 44.1. The molecule has 0 heterocycles. The molecule has 1 aliphatic rings. The van der Waals surface area contributed by atoms with Crippen molar-refractivity contribution in [3.8, 4) is 0 Å². The Balaban J connectivity index is 2.05. The summed E-state index contributed by atoms with van der Waals surface area (Å²) >= 11 is 0. The molecule has 4 N–H and O–H groups in total. The lowest BCUT2D eigenvalue weighted by Gasteiger charge is -2.40. The van der Waals surface area contributed by atoms with Crippen LogP contribution >= 0.6 is 0 Å². The van der Waals surface area contributed by atoms with Crippen molar-refractivity contribution in [2.24, 2.45) is 29.6 Å². The summed E-state index contributed by atoms with van der Waals surface area (Å²) in [5, 5.41) is 11.9. The van der Waals surface area contributed by atoms with Crippen LogP contribution in [0.5, 0.6) is 0 Å². The van der Waals surface area contributed by atoms with E-state index in [2.05, 4.69) is 21.3 Å². The van der Waals surface area contributed by atoms with Gasteiger partial charge in [-0.2, -0.15) is 0 Å². The second-order valence-corrected chi connectivity index (χ2v) is 17.7. The van der Waals surface area contributed by atoms with Crippen LogP contribution < -0.4 is 21.3 Å². The Morgan fingerprint density at radius 1 is 0.897 bits per heavy atom. The molecule has 2 rings (SSSR count). The molecule has 0 radical (unpaired) electrons. The Kier molecular flexibility index (Phi) is 20.2. The summed E-state index contributed by atoms with van der Waals surface area (Å²) < 4.78 is 31.7. The van der Waals surface area contributed by atoms with Crippen LogP contribution in [0.2, 0.25) is 0 Å². The molecule has 0 bridgehead atoms. The predicted octanol–water partition coefficient (Wildman–Crippen LogP) is 4.79. The number of likely N-dealkylation sites (N-methyl/N-ethyl adjacent to an activating group) is 2. The van der Waals surface area contributed by atoms with E-state index in [1.165, 1.54) is 13.2 Å². The smallest absolute Gasteiger partial charge is 0.329 e. The molecule has 1 aromatic rings. The third-order valence-electron chi connectivity index (χ3n) is 11.3. The highest BCUT2D eigenvalue weighted by molar-refractivity contribution is 5.90. The van der Waals surface area contributed by atoms with E-state index in [-0.39, 0.29) is 65.8 Å². The van der Waals surface area contributed by atoms with Crippen molar-refractivity contribution in [2.45, 2.75) is 156 Å². The van der Waals surface area contributed by atoms with Crippen LogP contribution in [0.3, 0.4) is 0 Å². The van der Waals surface area contributed by atoms with E-state index in [4.69, 9.17) is 14.2 Å². The lowest BCUT2D eigenvalue weighted by molar-refractivity contribution is -0.159. The molecule has 14 heteroatoms. The van der Waals surface area contributed by atoms with E-state index in [9.17, 15) is 28.4 Å². The molecule has 1 fully saturated rings. The fourth-order valence-corrected chi connectivity index (χ4v) is 7.54. The Labute approximate surface area is 347 Å². The van der Waals surface area contributed by atoms with Gasteiger partial charge < -0.3 is 40.4 Å². The van der Waals surface area contributed by atoms with Gasteiger partial charge in [-0.15, -0.1) is 0 Å². The summed E-state index contributed by atoms with van der Waals surface area (Å²) in [6.07, 6.45) is 1.66. The number of esters is 1. The molecule has 1 aliphatic carbocycles. The molecule has 1 saturated carbocycles. The van der Waals surface area contributed by atoms with Gasteiger partial charge in [0.2, 0.25) is 23.6 Å². The SMILES string of the molecule is CC[C@H](C)[C@@H]([C@@H](CC(=O)NC1C[C@H]1CCC(OC)[C@@H](C)C(=O)N[C@@H](Cc1ccccc1F)C(=O)OC(C)(C)C)OC)N(C)C(=O)[C@@H](NC(=O)C(NC)C(C)C)C(C)C. The number of carbonyl (C=O) groups is 5. The van der Waals surface area contributed by atoms with Crippen LogP contribution in [-0.4, -0.2) is 111 Å². The van der Waals surface area contributed by atoms with Gasteiger partial charge >= 0.3 is 5.97 Å². The van der Waals surface area contributed by atoms with E-state index in [1.807, 2.05) is 41.5 Å². The van der Waals surface area contributed by atoms with Crippen molar-refractivity contribution >= 4 is 29.6 Å². The Bertz CT molecular complexity index is 1500. The van der Waals surface area contributed by atoms with Crippen molar-refractivity contribution in [3.63, 3.8) is 0 Å². The van der Waals surface area contributed by atoms with Crippen molar-refractivity contribution in [1.82, 2.24) is 26.2 Å². The average molecular weight is 820 g/mol. The van der Waals surface area contributed by atoms with Gasteiger partial charge in [-0.05, 0) is 82.4 Å². The number of hydrogen-bond acceptors (Lipinski definition) is 9. The van der Waals surface area contributed by atoms with Crippen molar-refractivity contribution in [1.29, 1.82) is 0 Å². The summed E-state index contributed by atoms with van der Waals surface area (Å²) in [7, 11) is 6.52. The van der Waals surface area contributed by atoms with Gasteiger partial charge in [-0.3, -0.25) is 19.2 Å². The first-order valence-corrected chi connectivity index (χ1v) is 21.0. The second kappa shape index (κ2) is 23.2. The number of rotatable bonds is 24. The summed E-state index contributed by atoms with van der Waals surface area (Å²) in [4.78, 5) is 68.9. The maximum Gasteiger partial charge on any atom is 0.329 e. The van der Waals surface area contributed by atoms with E-state index in [0.29, 0.717) is 12.8 Å². The van der Waals surface area contributed by atoms with Gasteiger partial charge in [0.1, 0.15) is 23.5 Å². The van der Waals surface area contributed by atoms with Gasteiger partial charge in [-0.25, -0.2) is 9.18 Å². The van der Waals surface area contributed by atoms with Gasteiger partial charge in [0, 0.05) is 33.7 Å². The second-order valence-electron chi connectivity index (χ2n) is 17.7. The van der Waals surface area contributed by atoms with Crippen LogP contribution in [0.25, 0.3) is 0 Å². The number of nitrogens with zero attached hydrogens (tertiary/aromatic N) is 1. The number of nitrogens with one attached hydrogen (secondary N) is 4. The summed E-state index contributed by atoms with van der Waals surface area (Å²) in [6, 6.07) is 3.33. The Morgan fingerprint density at radius 2 is 1.50 bits per heavy atom. The lowest BCUT2D eigenvalue weighted by atomic mass is 9.89. The van der Waals surface area contributed by atoms with Gasteiger partial charge in [-0.1, -0.05) is 73.1 Å². The fourth-order valence-electron chi connectivity index (χ4n) is 7.54. The Morgan fingerprint density at radius 3 is 2.02 bits per heavy atom. The molecule has 3 unspecified atom stereocenters. The van der Waals surface area contributed by atoms with Gasteiger partial charge in [0.05, 0.1) is 36.6 Å². The Hall–Kier alpha value is -3.62. The quantitative estimate of drug-likeness (QED) is 0.107. The summed E-state index contributed by atoms with van der Waals surface area (Å²) in [6.45, 7) is 18.7. The highest BCUT2D eigenvalue weighted by atomic mass is 19.1. The molecule has 4 amide bonds. The van der Waals surface area contributed by atoms with Crippen molar-refractivity contribution < 1.29 is 42.6 Å². The molecular formula is C44H74FN5O8. The molecule has 10 atom stereocenters. The van der Waals surface area contributed by atoms with E-state index >= 15 is 0 Å². The first-order chi connectivity index (χ1) is 27.1. The molecule has 13 nitrogen and oxygen atoms in total. The third-order valence-corrected chi connectivity index (χ3v) is 11.3. The molecule has 0 aromatic heterocycles. The summed E-state index contributed by atoms with van der Waals surface area (Å²) in [5.41, 5.74) is -0.516. The number of halogens is 1. The number of amides is 4. The van der Waals surface area contributed by atoms with Crippen LogP contribution in [-0.2, 0) is 44.6 Å². The third kappa shape index (κ3) is 15.2. The number of hydrogen-bond donors (Lipinski definition) is 4. The maximum atomic E-state index is 14.5. The van der Waals surface area contributed by atoms with Crippen LogP contribution in [0.15, 0.2) is 24.3 Å². The monoisotopic (exact) mass is 820 g/mol. The standard InChI is InChI=1S/C44H74FN5O8/c1-15-27(6)39(50(12)42(54)38(26(4)5)49-41(53)37(46-11)25(2)3)35(57-14)24-36(51)47-32-23-30(32)20-21-34(56-13)28(7)40(52)48-33(43(55)58-44(8,9)10)22-29-18-16-17-19-31(29)45/h16-19,25-28,30,32-35,37-39,46H,15,20-24H2,1-14H3,(H,47,51)(H,48,52)(H,49,53)/t27-,28+,30+,32?,33-,34?,35+,37?,38-,39-/m0/s1. The lowest BCUT2D eigenvalue weighted by Crippen LogP contribution is -2.59. The zero-order valence-electron chi connectivity index (χ0n) is 37.6. The number of methoxy groups -OCH3 is 2. The topological polar surface area (TPSA) is 164 Å². The predicted molar refractivity (Wildman–Crippen MR) is 223 cm³/mol. The molecule has 0 spiro atoms. The minimum absolute atomic E-state index is 0.00584. The molecular weight excluding hydrogens is 746 g/mol. The van der Waals surface area contributed by atoms with Crippen LogP contribution in [0, 0.1) is 35.4 Å². The van der Waals surface area contributed by atoms with Crippen LogP contribution in [0.1, 0.15) is 107 Å². The average Bonchev–Trinajstić information content (AvgIpc) is 3.89. The normalized spacial score (nSPS) is 19.5. The molecule has 0 saturated heterocycles. The van der Waals surface area contributed by atoms with Gasteiger partial charge in [0.15, 0.2) is 0 Å². The number of benzene rings is 1. The largest absolute Gasteiger partial charge is 0.458 e. The maximum absolute atomic E-state index is 14.5. The minimum atomic E-state index is -1.10. The first kappa shape index (κ1) is 50.5. The van der Waals surface area contributed by atoms with E-state index in [0.717, 1.165) is 12.8 Å². The molecule has 1 aromatic carbocycles.